The van der Waals surface area contributed by atoms with Gasteiger partial charge >= 0.3 is 6.03 Å². The van der Waals surface area contributed by atoms with Crippen molar-refractivity contribution in [1.29, 1.82) is 0 Å². The summed E-state index contributed by atoms with van der Waals surface area (Å²) in [6.07, 6.45) is 0.479. The number of hydrogen-bond donors (Lipinski definition) is 1. The largest absolute Gasteiger partial charge is 0.471 e. The number of nitrogens with one attached hydrogen (secondary N) is 1. The van der Waals surface area contributed by atoms with Crippen LogP contribution in [0.5, 0.6) is 5.75 Å². The van der Waals surface area contributed by atoms with Crippen LogP contribution in [-0.4, -0.2) is 18.3 Å². The number of rotatable bonds is 4. The van der Waals surface area contributed by atoms with Crippen molar-refractivity contribution in [2.45, 2.75) is 52.3 Å². The third-order valence-electron chi connectivity index (χ3n) is 4.61. The molecule has 2 atom stereocenters. The zero-order valence-corrected chi connectivity index (χ0v) is 15.3. The molecule has 132 valence electrons. The van der Waals surface area contributed by atoms with Gasteiger partial charge in [0.05, 0.1) is 0 Å². The maximum Gasteiger partial charge on any atom is 0.324 e. The summed E-state index contributed by atoms with van der Waals surface area (Å²) in [5, 5.41) is 2.94. The predicted octanol–water partition coefficient (Wildman–Crippen LogP) is 4.70. The molecular weight excluding hydrogens is 312 g/mol. The van der Waals surface area contributed by atoms with Crippen molar-refractivity contribution in [3.05, 3.63) is 59.7 Å². The van der Waals surface area contributed by atoms with Gasteiger partial charge in [-0.2, -0.15) is 0 Å². The first kappa shape index (κ1) is 17.3. The summed E-state index contributed by atoms with van der Waals surface area (Å²) in [5.74, 6) is 1.25. The number of carbonyl (C=O) groups excluding carboxylic acids is 1. The number of amides is 2. The molecule has 0 fully saturated rings. The van der Waals surface area contributed by atoms with Gasteiger partial charge in [0, 0.05) is 11.7 Å². The maximum atomic E-state index is 12.7. The summed E-state index contributed by atoms with van der Waals surface area (Å²) in [6, 6.07) is 16.1. The molecule has 0 spiro atoms. The number of nitrogens with zero attached hydrogens (tertiary/aromatic N) is 1. The molecule has 0 saturated carbocycles. The fraction of sp³-hybridized carbons (Fsp3) is 0.381. The Morgan fingerprint density at radius 3 is 2.48 bits per heavy atom. The minimum absolute atomic E-state index is 0.122. The van der Waals surface area contributed by atoms with Gasteiger partial charge in [-0.05, 0) is 55.5 Å². The first-order chi connectivity index (χ1) is 12.0. The minimum Gasteiger partial charge on any atom is -0.471 e. The van der Waals surface area contributed by atoms with Crippen LogP contribution in [0.2, 0.25) is 0 Å². The lowest BCUT2D eigenvalue weighted by atomic mass is 10.0. The summed E-state index contributed by atoms with van der Waals surface area (Å²) >= 11 is 0. The van der Waals surface area contributed by atoms with Crippen LogP contribution in [0.25, 0.3) is 0 Å². The van der Waals surface area contributed by atoms with Crippen molar-refractivity contribution in [2.75, 3.05) is 4.90 Å². The zero-order valence-electron chi connectivity index (χ0n) is 15.3. The van der Waals surface area contributed by atoms with Crippen molar-refractivity contribution >= 4 is 11.7 Å². The molecule has 2 amide bonds. The number of anilines is 1. The van der Waals surface area contributed by atoms with Crippen molar-refractivity contribution < 1.29 is 9.53 Å². The van der Waals surface area contributed by atoms with Gasteiger partial charge in [-0.1, -0.05) is 44.2 Å². The van der Waals surface area contributed by atoms with E-state index in [0.717, 1.165) is 17.9 Å². The van der Waals surface area contributed by atoms with E-state index in [-0.39, 0.29) is 12.1 Å². The number of benzene rings is 2. The molecule has 3 rings (SSSR count). The van der Waals surface area contributed by atoms with Crippen LogP contribution in [0.3, 0.4) is 0 Å². The minimum atomic E-state index is -0.405. The topological polar surface area (TPSA) is 41.6 Å². The summed E-state index contributed by atoms with van der Waals surface area (Å²) in [6.45, 7) is 8.23. The van der Waals surface area contributed by atoms with Crippen LogP contribution in [0.15, 0.2) is 48.5 Å². The smallest absolute Gasteiger partial charge is 0.324 e. The molecule has 1 aliphatic rings. The van der Waals surface area contributed by atoms with Gasteiger partial charge in [0.2, 0.25) is 0 Å². The fourth-order valence-corrected chi connectivity index (χ4v) is 3.28. The van der Waals surface area contributed by atoms with E-state index in [1.165, 1.54) is 11.1 Å². The molecule has 2 unspecified atom stereocenters. The summed E-state index contributed by atoms with van der Waals surface area (Å²) < 4.78 is 5.84. The van der Waals surface area contributed by atoms with Crippen LogP contribution in [0, 0.1) is 0 Å². The number of ether oxygens (including phenoxy) is 1. The molecule has 4 nitrogen and oxygen atoms in total. The SMILES string of the molecule is CC(NC(=O)N1c2ccccc2CC1C)Oc1ccc(C(C)C)cc1. The first-order valence-electron chi connectivity index (χ1n) is 8.90. The highest BCUT2D eigenvalue weighted by Gasteiger charge is 2.31. The Balaban J connectivity index is 1.63. The standard InChI is InChI=1S/C21H26N2O2/c1-14(2)17-9-11-19(12-10-17)25-16(4)22-21(24)23-15(3)13-18-7-5-6-8-20(18)23/h5-12,14-16H,13H2,1-4H3,(H,22,24). The highest BCUT2D eigenvalue weighted by atomic mass is 16.5. The number of hydrogen-bond acceptors (Lipinski definition) is 2. The Bertz CT molecular complexity index is 740. The summed E-state index contributed by atoms with van der Waals surface area (Å²) in [7, 11) is 0. The van der Waals surface area contributed by atoms with Crippen LogP contribution in [0.1, 0.15) is 44.7 Å². The van der Waals surface area contributed by atoms with Crippen LogP contribution >= 0.6 is 0 Å². The molecule has 25 heavy (non-hydrogen) atoms. The first-order valence-corrected chi connectivity index (χ1v) is 8.90. The Morgan fingerprint density at radius 2 is 1.80 bits per heavy atom. The highest BCUT2D eigenvalue weighted by molar-refractivity contribution is 5.95. The second kappa shape index (κ2) is 7.18. The van der Waals surface area contributed by atoms with E-state index >= 15 is 0 Å². The maximum absolute atomic E-state index is 12.7. The lowest BCUT2D eigenvalue weighted by molar-refractivity contribution is 0.179. The van der Waals surface area contributed by atoms with Gasteiger partial charge in [0.25, 0.3) is 0 Å². The van der Waals surface area contributed by atoms with Gasteiger partial charge < -0.3 is 10.1 Å². The number of para-hydroxylation sites is 1. The molecule has 0 bridgehead atoms. The summed E-state index contributed by atoms with van der Waals surface area (Å²) in [4.78, 5) is 14.5. The molecule has 4 heteroatoms. The Morgan fingerprint density at radius 1 is 1.12 bits per heavy atom. The average molecular weight is 338 g/mol. The lowest BCUT2D eigenvalue weighted by Gasteiger charge is -2.25. The van der Waals surface area contributed by atoms with E-state index in [4.69, 9.17) is 4.74 Å². The van der Waals surface area contributed by atoms with E-state index < -0.39 is 6.23 Å². The number of carbonyl (C=O) groups is 1. The monoisotopic (exact) mass is 338 g/mol. The van der Waals surface area contributed by atoms with Crippen molar-refractivity contribution in [1.82, 2.24) is 5.32 Å². The summed E-state index contributed by atoms with van der Waals surface area (Å²) in [5.41, 5.74) is 3.47. The van der Waals surface area contributed by atoms with Gasteiger partial charge in [-0.3, -0.25) is 4.90 Å². The molecular formula is C21H26N2O2. The molecule has 1 aliphatic heterocycles. The van der Waals surface area contributed by atoms with Crippen LogP contribution in [0.4, 0.5) is 10.5 Å². The zero-order chi connectivity index (χ0) is 18.0. The third-order valence-corrected chi connectivity index (χ3v) is 4.61. The van der Waals surface area contributed by atoms with E-state index in [0.29, 0.717) is 5.92 Å². The van der Waals surface area contributed by atoms with Gasteiger partial charge in [-0.25, -0.2) is 4.79 Å². The second-order valence-electron chi connectivity index (χ2n) is 6.99. The molecule has 1 N–H and O–H groups in total. The Kier molecular flexibility index (Phi) is 4.98. The third kappa shape index (κ3) is 3.78. The van der Waals surface area contributed by atoms with Crippen molar-refractivity contribution in [3.63, 3.8) is 0 Å². The second-order valence-corrected chi connectivity index (χ2v) is 6.99. The highest BCUT2D eigenvalue weighted by Crippen LogP contribution is 2.31. The van der Waals surface area contributed by atoms with E-state index in [1.54, 1.807) is 0 Å². The fourth-order valence-electron chi connectivity index (χ4n) is 3.28. The average Bonchev–Trinajstić information content (AvgIpc) is 2.90. The molecule has 1 heterocycles. The van der Waals surface area contributed by atoms with Gasteiger partial charge in [0.1, 0.15) is 5.75 Å². The molecule has 2 aromatic rings. The molecule has 2 aromatic carbocycles. The number of urea groups is 1. The Hall–Kier alpha value is -2.49. The van der Waals surface area contributed by atoms with E-state index in [2.05, 4.69) is 44.3 Å². The van der Waals surface area contributed by atoms with E-state index in [1.807, 2.05) is 42.2 Å². The van der Waals surface area contributed by atoms with Crippen LogP contribution in [-0.2, 0) is 6.42 Å². The van der Waals surface area contributed by atoms with Crippen LogP contribution < -0.4 is 15.0 Å². The van der Waals surface area contributed by atoms with Gasteiger partial charge in [0.15, 0.2) is 6.23 Å². The van der Waals surface area contributed by atoms with Crippen molar-refractivity contribution in [3.8, 4) is 5.75 Å². The lowest BCUT2D eigenvalue weighted by Crippen LogP contribution is -2.48. The quantitative estimate of drug-likeness (QED) is 0.821. The van der Waals surface area contributed by atoms with Crippen molar-refractivity contribution in [2.24, 2.45) is 0 Å². The number of fused-ring (bicyclic) bond motifs is 1. The molecule has 0 aromatic heterocycles. The van der Waals surface area contributed by atoms with Gasteiger partial charge in [-0.15, -0.1) is 0 Å². The molecule has 0 radical (unpaired) electrons. The predicted molar refractivity (Wildman–Crippen MR) is 101 cm³/mol. The van der Waals surface area contributed by atoms with E-state index in [9.17, 15) is 4.79 Å². The Labute approximate surface area is 149 Å². The molecule has 0 saturated heterocycles. The normalized spacial score (nSPS) is 17.3. The molecule has 0 aliphatic carbocycles.